The number of rotatable bonds is 4. The van der Waals surface area contributed by atoms with Crippen LogP contribution in [0.25, 0.3) is 0 Å². The highest BCUT2D eigenvalue weighted by molar-refractivity contribution is 5.94. The minimum atomic E-state index is -0.148. The van der Waals surface area contributed by atoms with Gasteiger partial charge in [-0.3, -0.25) is 9.78 Å². The van der Waals surface area contributed by atoms with Crippen LogP contribution in [0.1, 0.15) is 28.9 Å². The van der Waals surface area contributed by atoms with Crippen molar-refractivity contribution in [2.75, 3.05) is 26.8 Å². The fourth-order valence-electron chi connectivity index (χ4n) is 2.32. The lowest BCUT2D eigenvalue weighted by atomic mass is 9.99. The van der Waals surface area contributed by atoms with Crippen LogP contribution in [0, 0.1) is 5.92 Å². The standard InChI is InChI=1S/C14H20N2O3/c1-16(9-11-3-6-19-7-4-11)14(18)12-2-5-15-13(8-12)10-17/h2,5,8,11,17H,3-4,6-7,9-10H2,1H3. The highest BCUT2D eigenvalue weighted by atomic mass is 16.5. The molecule has 2 heterocycles. The largest absolute Gasteiger partial charge is 0.390 e. The molecule has 1 aromatic rings. The lowest BCUT2D eigenvalue weighted by molar-refractivity contribution is 0.0497. The third-order valence-corrected chi connectivity index (χ3v) is 3.45. The third-order valence-electron chi connectivity index (χ3n) is 3.45. The second kappa shape index (κ2) is 6.63. The Morgan fingerprint density at radius 1 is 1.53 bits per heavy atom. The molecule has 0 unspecified atom stereocenters. The van der Waals surface area contributed by atoms with Gasteiger partial charge in [0.2, 0.25) is 0 Å². The smallest absolute Gasteiger partial charge is 0.253 e. The first-order chi connectivity index (χ1) is 9.20. The number of nitrogens with zero attached hydrogens (tertiary/aromatic N) is 2. The van der Waals surface area contributed by atoms with Gasteiger partial charge in [0, 0.05) is 38.6 Å². The zero-order valence-corrected chi connectivity index (χ0v) is 11.2. The summed E-state index contributed by atoms with van der Waals surface area (Å²) < 4.78 is 5.32. The van der Waals surface area contributed by atoms with Crippen LogP contribution in [0.2, 0.25) is 0 Å². The fourth-order valence-corrected chi connectivity index (χ4v) is 2.32. The van der Waals surface area contributed by atoms with Crippen LogP contribution < -0.4 is 0 Å². The predicted octanol–water partition coefficient (Wildman–Crippen LogP) is 1.07. The molecule has 0 aromatic carbocycles. The van der Waals surface area contributed by atoms with Crippen molar-refractivity contribution < 1.29 is 14.6 Å². The minimum Gasteiger partial charge on any atom is -0.390 e. The summed E-state index contributed by atoms with van der Waals surface area (Å²) in [7, 11) is 1.82. The molecular formula is C14H20N2O3. The molecule has 0 radical (unpaired) electrons. The van der Waals surface area contributed by atoms with Gasteiger partial charge in [-0.15, -0.1) is 0 Å². The Kier molecular flexibility index (Phi) is 4.87. The number of hydrogen-bond acceptors (Lipinski definition) is 4. The quantitative estimate of drug-likeness (QED) is 0.883. The molecule has 1 aliphatic rings. The lowest BCUT2D eigenvalue weighted by Gasteiger charge is -2.27. The molecule has 1 N–H and O–H groups in total. The second-order valence-electron chi connectivity index (χ2n) is 4.94. The van der Waals surface area contributed by atoms with E-state index in [9.17, 15) is 4.79 Å². The van der Waals surface area contributed by atoms with Crippen LogP contribution in [-0.4, -0.2) is 47.7 Å². The van der Waals surface area contributed by atoms with Gasteiger partial charge in [0.05, 0.1) is 12.3 Å². The number of carbonyl (C=O) groups is 1. The van der Waals surface area contributed by atoms with E-state index in [0.717, 1.165) is 32.6 Å². The maximum Gasteiger partial charge on any atom is 0.253 e. The van der Waals surface area contributed by atoms with Gasteiger partial charge in [-0.25, -0.2) is 0 Å². The first-order valence-electron chi connectivity index (χ1n) is 6.59. The summed E-state index contributed by atoms with van der Waals surface area (Å²) in [5.41, 5.74) is 1.10. The van der Waals surface area contributed by atoms with E-state index >= 15 is 0 Å². The zero-order chi connectivity index (χ0) is 13.7. The van der Waals surface area contributed by atoms with E-state index in [4.69, 9.17) is 9.84 Å². The molecule has 5 heteroatoms. The molecule has 1 saturated heterocycles. The molecule has 1 aliphatic heterocycles. The fraction of sp³-hybridized carbons (Fsp3) is 0.571. The Labute approximate surface area is 113 Å². The minimum absolute atomic E-state index is 0.0245. The van der Waals surface area contributed by atoms with Crippen molar-refractivity contribution in [1.29, 1.82) is 0 Å². The molecule has 1 amide bonds. The Balaban J connectivity index is 1.97. The molecule has 1 aromatic heterocycles. The average molecular weight is 264 g/mol. The van der Waals surface area contributed by atoms with E-state index in [1.54, 1.807) is 23.2 Å². The molecule has 1 fully saturated rings. The van der Waals surface area contributed by atoms with Crippen molar-refractivity contribution in [1.82, 2.24) is 9.88 Å². The molecule has 5 nitrogen and oxygen atoms in total. The monoisotopic (exact) mass is 264 g/mol. The van der Waals surface area contributed by atoms with Gasteiger partial charge < -0.3 is 14.7 Å². The summed E-state index contributed by atoms with van der Waals surface area (Å²) in [5, 5.41) is 9.04. The summed E-state index contributed by atoms with van der Waals surface area (Å²) in [5.74, 6) is 0.491. The number of aliphatic hydroxyl groups excluding tert-OH is 1. The van der Waals surface area contributed by atoms with E-state index in [-0.39, 0.29) is 12.5 Å². The Hall–Kier alpha value is -1.46. The highest BCUT2D eigenvalue weighted by Gasteiger charge is 2.19. The number of ether oxygens (including phenoxy) is 1. The Bertz CT molecular complexity index is 430. The third kappa shape index (κ3) is 3.75. The van der Waals surface area contributed by atoms with Gasteiger partial charge in [0.1, 0.15) is 0 Å². The normalized spacial score (nSPS) is 16.3. The van der Waals surface area contributed by atoms with Gasteiger partial charge in [0.15, 0.2) is 0 Å². The van der Waals surface area contributed by atoms with Crippen molar-refractivity contribution in [3.05, 3.63) is 29.6 Å². The first-order valence-corrected chi connectivity index (χ1v) is 6.59. The summed E-state index contributed by atoms with van der Waals surface area (Å²) in [6.07, 6.45) is 3.58. The van der Waals surface area contributed by atoms with E-state index in [0.29, 0.717) is 17.2 Å². The maximum absolute atomic E-state index is 12.3. The summed E-state index contributed by atoms with van der Waals surface area (Å²) in [6.45, 7) is 2.18. The Morgan fingerprint density at radius 3 is 2.95 bits per heavy atom. The van der Waals surface area contributed by atoms with Crippen molar-refractivity contribution >= 4 is 5.91 Å². The number of carbonyl (C=O) groups excluding carboxylic acids is 1. The number of aliphatic hydroxyl groups is 1. The van der Waals surface area contributed by atoms with Crippen LogP contribution in [-0.2, 0) is 11.3 Å². The molecule has 2 rings (SSSR count). The summed E-state index contributed by atoms with van der Waals surface area (Å²) in [4.78, 5) is 18.0. The number of pyridine rings is 1. The topological polar surface area (TPSA) is 62.7 Å². The molecule has 0 spiro atoms. The molecule has 104 valence electrons. The molecule has 0 aliphatic carbocycles. The number of amides is 1. The molecule has 0 saturated carbocycles. The van der Waals surface area contributed by atoms with Crippen LogP contribution >= 0.6 is 0 Å². The van der Waals surface area contributed by atoms with Gasteiger partial charge in [-0.2, -0.15) is 0 Å². The number of aromatic nitrogens is 1. The Morgan fingerprint density at radius 2 is 2.26 bits per heavy atom. The van der Waals surface area contributed by atoms with Crippen molar-refractivity contribution in [3.8, 4) is 0 Å². The van der Waals surface area contributed by atoms with Crippen molar-refractivity contribution in [3.63, 3.8) is 0 Å². The summed E-state index contributed by atoms with van der Waals surface area (Å²) in [6, 6.07) is 3.32. The summed E-state index contributed by atoms with van der Waals surface area (Å²) >= 11 is 0. The van der Waals surface area contributed by atoms with Crippen LogP contribution in [0.5, 0.6) is 0 Å². The average Bonchev–Trinajstić information content (AvgIpc) is 2.47. The van der Waals surface area contributed by atoms with E-state index in [2.05, 4.69) is 4.98 Å². The van der Waals surface area contributed by atoms with E-state index < -0.39 is 0 Å². The van der Waals surface area contributed by atoms with Gasteiger partial charge in [0.25, 0.3) is 5.91 Å². The molecule has 19 heavy (non-hydrogen) atoms. The van der Waals surface area contributed by atoms with E-state index in [1.165, 1.54) is 0 Å². The molecule has 0 atom stereocenters. The van der Waals surface area contributed by atoms with E-state index in [1.807, 2.05) is 7.05 Å². The van der Waals surface area contributed by atoms with Gasteiger partial charge in [-0.05, 0) is 30.9 Å². The van der Waals surface area contributed by atoms with Gasteiger partial charge in [-0.1, -0.05) is 0 Å². The first kappa shape index (κ1) is 14.0. The van der Waals surface area contributed by atoms with Crippen molar-refractivity contribution in [2.24, 2.45) is 5.92 Å². The number of hydrogen-bond donors (Lipinski definition) is 1. The van der Waals surface area contributed by atoms with Crippen LogP contribution in [0.15, 0.2) is 18.3 Å². The van der Waals surface area contributed by atoms with Gasteiger partial charge >= 0.3 is 0 Å². The van der Waals surface area contributed by atoms with Crippen LogP contribution in [0.4, 0.5) is 0 Å². The SMILES string of the molecule is CN(CC1CCOCC1)C(=O)c1ccnc(CO)c1. The highest BCUT2D eigenvalue weighted by Crippen LogP contribution is 2.16. The lowest BCUT2D eigenvalue weighted by Crippen LogP contribution is -2.34. The molecular weight excluding hydrogens is 244 g/mol. The van der Waals surface area contributed by atoms with Crippen LogP contribution in [0.3, 0.4) is 0 Å². The second-order valence-corrected chi connectivity index (χ2v) is 4.94. The van der Waals surface area contributed by atoms with Crippen molar-refractivity contribution in [2.45, 2.75) is 19.4 Å². The zero-order valence-electron chi connectivity index (χ0n) is 11.2. The molecule has 0 bridgehead atoms. The maximum atomic E-state index is 12.3. The predicted molar refractivity (Wildman–Crippen MR) is 70.7 cm³/mol.